The number of carbonyl (C=O) groups excluding carboxylic acids is 1. The van der Waals surface area contributed by atoms with Crippen molar-refractivity contribution in [1.29, 1.82) is 0 Å². The number of sulfonamides is 1. The SMILES string of the molecule is O=C(c1nnc(-c2csc(S(=O)(=O)NCCC3=CCCCC3)c2)o1)N1CCCC1. The van der Waals surface area contributed by atoms with Gasteiger partial charge in [-0.2, -0.15) is 0 Å². The van der Waals surface area contributed by atoms with E-state index in [9.17, 15) is 13.2 Å². The lowest BCUT2D eigenvalue weighted by Crippen LogP contribution is -2.27. The van der Waals surface area contributed by atoms with Crippen LogP contribution in [0.4, 0.5) is 0 Å². The zero-order valence-electron chi connectivity index (χ0n) is 16.1. The first-order chi connectivity index (χ1) is 14.0. The molecule has 0 radical (unpaired) electrons. The molecule has 156 valence electrons. The predicted molar refractivity (Wildman–Crippen MR) is 109 cm³/mol. The molecule has 1 N–H and O–H groups in total. The fraction of sp³-hybridized carbons (Fsp3) is 0.526. The van der Waals surface area contributed by atoms with Crippen LogP contribution in [0.3, 0.4) is 0 Å². The maximum Gasteiger partial charge on any atom is 0.311 e. The molecular formula is C19H24N4O4S2. The fourth-order valence-electron chi connectivity index (χ4n) is 3.60. The second kappa shape index (κ2) is 8.76. The van der Waals surface area contributed by atoms with Crippen molar-refractivity contribution in [1.82, 2.24) is 19.8 Å². The molecule has 10 heteroatoms. The summed E-state index contributed by atoms with van der Waals surface area (Å²) in [7, 11) is -3.59. The summed E-state index contributed by atoms with van der Waals surface area (Å²) in [6.07, 6.45) is 9.45. The summed E-state index contributed by atoms with van der Waals surface area (Å²) in [6.45, 7) is 1.77. The number of carbonyl (C=O) groups is 1. The highest BCUT2D eigenvalue weighted by molar-refractivity contribution is 7.91. The van der Waals surface area contributed by atoms with Crippen molar-refractivity contribution in [2.75, 3.05) is 19.6 Å². The minimum Gasteiger partial charge on any atom is -0.412 e. The van der Waals surface area contributed by atoms with Gasteiger partial charge in [0, 0.05) is 25.0 Å². The summed E-state index contributed by atoms with van der Waals surface area (Å²) in [6, 6.07) is 1.50. The van der Waals surface area contributed by atoms with Crippen molar-refractivity contribution in [2.45, 2.75) is 49.2 Å². The van der Waals surface area contributed by atoms with Gasteiger partial charge in [-0.05, 0) is 51.0 Å². The molecule has 0 saturated carbocycles. The molecule has 2 aliphatic rings. The monoisotopic (exact) mass is 436 g/mol. The molecule has 0 atom stereocenters. The normalized spacial score (nSPS) is 17.5. The van der Waals surface area contributed by atoms with Crippen LogP contribution in [0, 0.1) is 0 Å². The van der Waals surface area contributed by atoms with Crippen LogP contribution < -0.4 is 4.72 Å². The molecule has 2 aromatic heterocycles. The average molecular weight is 437 g/mol. The van der Waals surface area contributed by atoms with Crippen molar-refractivity contribution < 1.29 is 17.6 Å². The van der Waals surface area contributed by atoms with Gasteiger partial charge in [-0.3, -0.25) is 4.79 Å². The number of aromatic nitrogens is 2. The number of allylic oxidation sites excluding steroid dienone is 1. The molecule has 1 saturated heterocycles. The number of amides is 1. The number of likely N-dealkylation sites (tertiary alicyclic amines) is 1. The van der Waals surface area contributed by atoms with E-state index in [1.54, 1.807) is 10.3 Å². The fourth-order valence-corrected chi connectivity index (χ4v) is 5.83. The summed E-state index contributed by atoms with van der Waals surface area (Å²) in [5, 5.41) is 9.40. The van der Waals surface area contributed by atoms with Gasteiger partial charge in [0.2, 0.25) is 15.9 Å². The Kier molecular flexibility index (Phi) is 6.12. The Balaban J connectivity index is 1.39. The van der Waals surface area contributed by atoms with Crippen molar-refractivity contribution in [3.8, 4) is 11.5 Å². The summed E-state index contributed by atoms with van der Waals surface area (Å²) in [5.41, 5.74) is 1.82. The molecule has 29 heavy (non-hydrogen) atoms. The average Bonchev–Trinajstić information content (AvgIpc) is 3.49. The van der Waals surface area contributed by atoms with Gasteiger partial charge >= 0.3 is 11.8 Å². The molecule has 2 aromatic rings. The zero-order chi connectivity index (χ0) is 20.3. The van der Waals surface area contributed by atoms with E-state index in [0.717, 1.165) is 43.4 Å². The van der Waals surface area contributed by atoms with Gasteiger partial charge in [0.1, 0.15) is 4.21 Å². The van der Waals surface area contributed by atoms with Crippen LogP contribution in [-0.2, 0) is 10.0 Å². The third-order valence-corrected chi connectivity index (χ3v) is 8.11. The highest BCUT2D eigenvalue weighted by atomic mass is 32.2. The molecule has 0 spiro atoms. The van der Waals surface area contributed by atoms with Crippen LogP contribution >= 0.6 is 11.3 Å². The minimum absolute atomic E-state index is 0.0589. The molecular weight excluding hydrogens is 412 g/mol. The van der Waals surface area contributed by atoms with Crippen molar-refractivity contribution in [2.24, 2.45) is 0 Å². The Morgan fingerprint density at radius 1 is 1.21 bits per heavy atom. The first-order valence-electron chi connectivity index (χ1n) is 9.92. The van der Waals surface area contributed by atoms with Crippen molar-refractivity contribution in [3.63, 3.8) is 0 Å². The number of rotatable bonds is 7. The highest BCUT2D eigenvalue weighted by Crippen LogP contribution is 2.28. The summed E-state index contributed by atoms with van der Waals surface area (Å²) < 4.78 is 33.5. The molecule has 3 heterocycles. The van der Waals surface area contributed by atoms with E-state index >= 15 is 0 Å². The van der Waals surface area contributed by atoms with Gasteiger partial charge in [-0.15, -0.1) is 21.5 Å². The largest absolute Gasteiger partial charge is 0.412 e. The lowest BCUT2D eigenvalue weighted by molar-refractivity contribution is 0.0754. The molecule has 8 nitrogen and oxygen atoms in total. The molecule has 0 unspecified atom stereocenters. The van der Waals surface area contributed by atoms with E-state index < -0.39 is 10.0 Å². The van der Waals surface area contributed by atoms with Gasteiger partial charge in [-0.25, -0.2) is 13.1 Å². The van der Waals surface area contributed by atoms with Gasteiger partial charge in [0.25, 0.3) is 0 Å². The Bertz CT molecular complexity index is 1000. The summed E-state index contributed by atoms with van der Waals surface area (Å²) in [5.74, 6) is -0.183. The molecule has 1 aliphatic heterocycles. The second-order valence-corrected chi connectivity index (χ2v) is 10.2. The molecule has 0 bridgehead atoms. The summed E-state index contributed by atoms with van der Waals surface area (Å²) >= 11 is 1.09. The van der Waals surface area contributed by atoms with Crippen LogP contribution in [-0.4, -0.2) is 49.1 Å². The zero-order valence-corrected chi connectivity index (χ0v) is 17.7. The molecule has 1 amide bonds. The van der Waals surface area contributed by atoms with Crippen LogP contribution in [0.15, 0.2) is 31.7 Å². The predicted octanol–water partition coefficient (Wildman–Crippen LogP) is 3.20. The Morgan fingerprint density at radius 3 is 2.79 bits per heavy atom. The smallest absolute Gasteiger partial charge is 0.311 e. The quantitative estimate of drug-likeness (QED) is 0.668. The van der Waals surface area contributed by atoms with Gasteiger partial charge in [0.15, 0.2) is 0 Å². The van der Waals surface area contributed by atoms with E-state index in [2.05, 4.69) is 21.0 Å². The van der Waals surface area contributed by atoms with Gasteiger partial charge < -0.3 is 9.32 Å². The van der Waals surface area contributed by atoms with E-state index in [-0.39, 0.29) is 21.9 Å². The lowest BCUT2D eigenvalue weighted by atomic mass is 9.97. The highest BCUT2D eigenvalue weighted by Gasteiger charge is 2.25. The van der Waals surface area contributed by atoms with Crippen LogP contribution in [0.1, 0.15) is 55.6 Å². The summed E-state index contributed by atoms with van der Waals surface area (Å²) in [4.78, 5) is 14.0. The lowest BCUT2D eigenvalue weighted by Gasteiger charge is -2.12. The van der Waals surface area contributed by atoms with E-state index in [1.165, 1.54) is 24.5 Å². The number of thiophene rings is 1. The molecule has 4 rings (SSSR count). The maximum absolute atomic E-state index is 12.6. The first kappa shape index (κ1) is 20.2. The number of hydrogen-bond acceptors (Lipinski definition) is 7. The molecule has 0 aromatic carbocycles. The number of hydrogen-bond donors (Lipinski definition) is 1. The van der Waals surface area contributed by atoms with Gasteiger partial charge in [-0.1, -0.05) is 11.6 Å². The Morgan fingerprint density at radius 2 is 2.03 bits per heavy atom. The van der Waals surface area contributed by atoms with E-state index in [0.29, 0.717) is 25.2 Å². The van der Waals surface area contributed by atoms with Gasteiger partial charge in [0.05, 0.1) is 5.56 Å². The molecule has 1 aliphatic carbocycles. The van der Waals surface area contributed by atoms with Crippen molar-refractivity contribution >= 4 is 27.3 Å². The number of nitrogens with one attached hydrogen (secondary N) is 1. The Hall–Kier alpha value is -2.04. The third kappa shape index (κ3) is 4.76. The van der Waals surface area contributed by atoms with E-state index in [4.69, 9.17) is 4.42 Å². The Labute approximate surface area is 174 Å². The number of nitrogens with zero attached hydrogens (tertiary/aromatic N) is 3. The minimum atomic E-state index is -3.59. The van der Waals surface area contributed by atoms with Crippen LogP contribution in [0.5, 0.6) is 0 Å². The van der Waals surface area contributed by atoms with Crippen LogP contribution in [0.2, 0.25) is 0 Å². The standard InChI is InChI=1S/C19H24N4O4S2/c24-19(23-10-4-5-11-23)18-22-21-17(27-18)15-12-16(28-13-15)29(25,26)20-9-8-14-6-2-1-3-7-14/h6,12-13,20H,1-5,7-11H2. The third-order valence-electron chi connectivity index (χ3n) is 5.21. The van der Waals surface area contributed by atoms with Crippen molar-refractivity contribution in [3.05, 3.63) is 29.0 Å². The topological polar surface area (TPSA) is 105 Å². The molecule has 1 fully saturated rings. The van der Waals surface area contributed by atoms with E-state index in [1.807, 2.05) is 0 Å². The van der Waals surface area contributed by atoms with Crippen LogP contribution in [0.25, 0.3) is 11.5 Å². The maximum atomic E-state index is 12.6. The first-order valence-corrected chi connectivity index (χ1v) is 12.3. The second-order valence-electron chi connectivity index (χ2n) is 7.32.